The molecule has 0 fully saturated rings. The zero-order valence-electron chi connectivity index (χ0n) is 12.0. The summed E-state index contributed by atoms with van der Waals surface area (Å²) in [7, 11) is -3.63. The summed E-state index contributed by atoms with van der Waals surface area (Å²) in [5.41, 5.74) is 1.54. The van der Waals surface area contributed by atoms with Crippen LogP contribution in [0.5, 0.6) is 0 Å². The van der Waals surface area contributed by atoms with Crippen molar-refractivity contribution in [3.63, 3.8) is 0 Å². The summed E-state index contributed by atoms with van der Waals surface area (Å²) in [6, 6.07) is 10.6. The Labute approximate surface area is 132 Å². The highest BCUT2D eigenvalue weighted by Gasteiger charge is 2.21. The molecule has 5 nitrogen and oxygen atoms in total. The largest absolute Gasteiger partial charge is 0.355 e. The minimum Gasteiger partial charge on any atom is -0.355 e. The molecule has 22 heavy (non-hydrogen) atoms. The number of aryl methyl sites for hydroxylation is 2. The van der Waals surface area contributed by atoms with E-state index in [4.69, 9.17) is 4.52 Å². The van der Waals surface area contributed by atoms with Gasteiger partial charge in [0, 0.05) is 16.6 Å². The van der Waals surface area contributed by atoms with Crippen LogP contribution >= 0.6 is 11.3 Å². The first kappa shape index (κ1) is 14.8. The third kappa shape index (κ3) is 2.90. The van der Waals surface area contributed by atoms with Gasteiger partial charge in [-0.1, -0.05) is 17.3 Å². The van der Waals surface area contributed by atoms with Crippen LogP contribution in [0.4, 0.5) is 5.69 Å². The fourth-order valence-corrected chi connectivity index (χ4v) is 4.71. The van der Waals surface area contributed by atoms with Crippen LogP contribution in [0.3, 0.4) is 0 Å². The van der Waals surface area contributed by atoms with Gasteiger partial charge in [0.05, 0.1) is 11.1 Å². The molecule has 2 heterocycles. The Morgan fingerprint density at radius 2 is 2.00 bits per heavy atom. The summed E-state index contributed by atoms with van der Waals surface area (Å²) in [6.07, 6.45) is 1.53. The van der Waals surface area contributed by atoms with Gasteiger partial charge in [0.15, 0.2) is 5.76 Å². The minimum atomic E-state index is -3.63. The van der Waals surface area contributed by atoms with E-state index >= 15 is 0 Å². The standard InChI is InChI=1S/C15H14N2O3S2/c1-10-4-3-5-12(8-10)17-22(18,19)15-9-14(21-11(15)2)13-6-7-16-20-13/h3-9,17H,1-2H3. The molecule has 0 spiro atoms. The molecule has 0 aliphatic carbocycles. The number of nitrogens with zero attached hydrogens (tertiary/aromatic N) is 1. The number of sulfonamides is 1. The molecular weight excluding hydrogens is 320 g/mol. The molecule has 0 amide bonds. The topological polar surface area (TPSA) is 72.2 Å². The first-order valence-corrected chi connectivity index (χ1v) is 8.87. The van der Waals surface area contributed by atoms with Gasteiger partial charge < -0.3 is 4.52 Å². The van der Waals surface area contributed by atoms with Gasteiger partial charge >= 0.3 is 0 Å². The quantitative estimate of drug-likeness (QED) is 0.787. The van der Waals surface area contributed by atoms with Gasteiger partial charge in [0.25, 0.3) is 10.0 Å². The van der Waals surface area contributed by atoms with Crippen molar-refractivity contribution < 1.29 is 12.9 Å². The zero-order valence-corrected chi connectivity index (χ0v) is 13.7. The number of hydrogen-bond donors (Lipinski definition) is 1. The van der Waals surface area contributed by atoms with E-state index in [0.29, 0.717) is 16.3 Å². The lowest BCUT2D eigenvalue weighted by molar-refractivity contribution is 0.433. The second-order valence-electron chi connectivity index (χ2n) is 4.88. The van der Waals surface area contributed by atoms with Gasteiger partial charge in [-0.05, 0) is 37.6 Å². The maximum atomic E-state index is 12.6. The highest BCUT2D eigenvalue weighted by atomic mass is 32.2. The predicted octanol–water partition coefficient (Wildman–Crippen LogP) is 3.82. The van der Waals surface area contributed by atoms with Crippen LogP contribution < -0.4 is 4.72 Å². The smallest absolute Gasteiger partial charge is 0.263 e. The van der Waals surface area contributed by atoms with Gasteiger partial charge in [-0.2, -0.15) is 0 Å². The van der Waals surface area contributed by atoms with Crippen molar-refractivity contribution in [3.05, 3.63) is 53.0 Å². The Kier molecular flexibility index (Phi) is 3.76. The molecule has 0 radical (unpaired) electrons. The van der Waals surface area contributed by atoms with Gasteiger partial charge in [0.1, 0.15) is 4.90 Å². The van der Waals surface area contributed by atoms with Crippen molar-refractivity contribution in [3.8, 4) is 10.6 Å². The fourth-order valence-electron chi connectivity index (χ4n) is 2.12. The molecule has 0 aliphatic rings. The van der Waals surface area contributed by atoms with E-state index in [-0.39, 0.29) is 4.90 Å². The zero-order chi connectivity index (χ0) is 15.7. The number of hydrogen-bond acceptors (Lipinski definition) is 5. The van der Waals surface area contributed by atoms with E-state index in [1.54, 1.807) is 31.2 Å². The highest BCUT2D eigenvalue weighted by molar-refractivity contribution is 7.93. The lowest BCUT2D eigenvalue weighted by Gasteiger charge is -2.08. The molecule has 0 saturated heterocycles. The summed E-state index contributed by atoms with van der Waals surface area (Å²) >= 11 is 1.36. The highest BCUT2D eigenvalue weighted by Crippen LogP contribution is 2.34. The SMILES string of the molecule is Cc1cccc(NS(=O)(=O)c2cc(-c3ccno3)sc2C)c1. The van der Waals surface area contributed by atoms with Crippen LogP contribution in [-0.2, 0) is 10.0 Å². The molecule has 1 N–H and O–H groups in total. The van der Waals surface area contributed by atoms with Crippen LogP contribution in [0.25, 0.3) is 10.6 Å². The number of thiophene rings is 1. The molecule has 0 saturated carbocycles. The van der Waals surface area contributed by atoms with Crippen molar-refractivity contribution in [1.29, 1.82) is 0 Å². The maximum absolute atomic E-state index is 12.6. The van der Waals surface area contributed by atoms with E-state index in [1.807, 2.05) is 19.1 Å². The first-order chi connectivity index (χ1) is 10.5. The molecule has 7 heteroatoms. The van der Waals surface area contributed by atoms with Crippen molar-refractivity contribution in [1.82, 2.24) is 5.16 Å². The Morgan fingerprint density at radius 3 is 2.68 bits per heavy atom. The predicted molar refractivity (Wildman–Crippen MR) is 86.5 cm³/mol. The number of aromatic nitrogens is 1. The minimum absolute atomic E-state index is 0.255. The summed E-state index contributed by atoms with van der Waals surface area (Å²) in [4.78, 5) is 1.69. The fraction of sp³-hybridized carbons (Fsp3) is 0.133. The third-order valence-corrected chi connectivity index (χ3v) is 5.81. The molecule has 0 atom stereocenters. The number of nitrogens with one attached hydrogen (secondary N) is 1. The van der Waals surface area contributed by atoms with E-state index in [0.717, 1.165) is 10.4 Å². The number of anilines is 1. The summed E-state index contributed by atoms with van der Waals surface area (Å²) in [6.45, 7) is 3.69. The number of rotatable bonds is 4. The van der Waals surface area contributed by atoms with Crippen LogP contribution in [-0.4, -0.2) is 13.6 Å². The summed E-state index contributed by atoms with van der Waals surface area (Å²) in [5, 5.41) is 3.64. The van der Waals surface area contributed by atoms with Crippen molar-refractivity contribution in [2.75, 3.05) is 4.72 Å². The summed E-state index contributed by atoms with van der Waals surface area (Å²) < 4.78 is 32.8. The Hall–Kier alpha value is -2.12. The Bertz CT molecular complexity index is 897. The molecule has 3 aromatic rings. The van der Waals surface area contributed by atoms with Crippen LogP contribution in [0.15, 0.2) is 52.0 Å². The molecule has 1 aromatic carbocycles. The maximum Gasteiger partial charge on any atom is 0.263 e. The lowest BCUT2D eigenvalue weighted by Crippen LogP contribution is -2.13. The van der Waals surface area contributed by atoms with E-state index in [1.165, 1.54) is 17.5 Å². The molecule has 0 aliphatic heterocycles. The average Bonchev–Trinajstić information content (AvgIpc) is 3.07. The number of benzene rings is 1. The van der Waals surface area contributed by atoms with Gasteiger partial charge in [-0.15, -0.1) is 11.3 Å². The van der Waals surface area contributed by atoms with E-state index < -0.39 is 10.0 Å². The van der Waals surface area contributed by atoms with Crippen molar-refractivity contribution in [2.45, 2.75) is 18.7 Å². The first-order valence-electron chi connectivity index (χ1n) is 6.57. The van der Waals surface area contributed by atoms with Crippen molar-refractivity contribution in [2.24, 2.45) is 0 Å². The molecule has 3 rings (SSSR count). The van der Waals surface area contributed by atoms with Crippen LogP contribution in [0.1, 0.15) is 10.4 Å². The van der Waals surface area contributed by atoms with E-state index in [9.17, 15) is 8.42 Å². The Morgan fingerprint density at radius 1 is 1.18 bits per heavy atom. The average molecular weight is 334 g/mol. The van der Waals surface area contributed by atoms with Gasteiger partial charge in [-0.25, -0.2) is 8.42 Å². The molecular formula is C15H14N2O3S2. The van der Waals surface area contributed by atoms with Crippen molar-refractivity contribution >= 4 is 27.0 Å². The van der Waals surface area contributed by atoms with Gasteiger partial charge in [-0.3, -0.25) is 4.72 Å². The lowest BCUT2D eigenvalue weighted by atomic mass is 10.2. The van der Waals surface area contributed by atoms with Crippen LogP contribution in [0, 0.1) is 13.8 Å². The Balaban J connectivity index is 1.96. The van der Waals surface area contributed by atoms with E-state index in [2.05, 4.69) is 9.88 Å². The second-order valence-corrected chi connectivity index (χ2v) is 7.79. The molecule has 114 valence electrons. The van der Waals surface area contributed by atoms with Crippen LogP contribution in [0.2, 0.25) is 0 Å². The summed E-state index contributed by atoms with van der Waals surface area (Å²) in [5.74, 6) is 0.560. The molecule has 2 aromatic heterocycles. The monoisotopic (exact) mass is 334 g/mol. The normalized spacial score (nSPS) is 11.5. The molecule has 0 unspecified atom stereocenters. The second kappa shape index (κ2) is 5.58. The third-order valence-electron chi connectivity index (χ3n) is 3.11. The molecule has 0 bridgehead atoms. The van der Waals surface area contributed by atoms with Gasteiger partial charge in [0.2, 0.25) is 0 Å².